The second-order valence-corrected chi connectivity index (χ2v) is 7.23. The van der Waals surface area contributed by atoms with Gasteiger partial charge < -0.3 is 5.73 Å². The molecule has 1 aliphatic carbocycles. The molecule has 3 N–H and O–H groups in total. The van der Waals surface area contributed by atoms with Gasteiger partial charge >= 0.3 is 0 Å². The summed E-state index contributed by atoms with van der Waals surface area (Å²) in [6.07, 6.45) is 6.58. The minimum atomic E-state index is -4.00. The predicted octanol–water partition coefficient (Wildman–Crippen LogP) is 2.80. The van der Waals surface area contributed by atoms with E-state index in [4.69, 9.17) is 5.73 Å². The normalized spacial score (nSPS) is 16.5. The van der Waals surface area contributed by atoms with E-state index in [0.717, 1.165) is 12.5 Å². The molecule has 2 rings (SSSR count). The summed E-state index contributed by atoms with van der Waals surface area (Å²) >= 11 is 0. The summed E-state index contributed by atoms with van der Waals surface area (Å²) in [5.74, 6) is -1.43. The molecule has 1 saturated carbocycles. The molecule has 0 radical (unpaired) electrons. The molecule has 0 saturated heterocycles. The SMILES string of the molecule is Nc1cc(S(=O)(=O)NCCCC2CCCC2)c(F)cc1F. The lowest BCUT2D eigenvalue weighted by molar-refractivity contribution is 0.479. The zero-order chi connectivity index (χ0) is 15.5. The summed E-state index contributed by atoms with van der Waals surface area (Å²) in [7, 11) is -4.00. The highest BCUT2D eigenvalue weighted by Crippen LogP contribution is 2.28. The maximum atomic E-state index is 13.6. The lowest BCUT2D eigenvalue weighted by Crippen LogP contribution is -2.26. The molecule has 4 nitrogen and oxygen atoms in total. The number of hydrogen-bond acceptors (Lipinski definition) is 3. The van der Waals surface area contributed by atoms with Gasteiger partial charge in [0.05, 0.1) is 5.69 Å². The molecule has 0 bridgehead atoms. The number of rotatable bonds is 6. The monoisotopic (exact) mass is 318 g/mol. The Labute approximate surface area is 123 Å². The maximum Gasteiger partial charge on any atom is 0.243 e. The number of nitrogens with one attached hydrogen (secondary N) is 1. The van der Waals surface area contributed by atoms with Crippen LogP contribution in [0.1, 0.15) is 38.5 Å². The lowest BCUT2D eigenvalue weighted by Gasteiger charge is -2.11. The van der Waals surface area contributed by atoms with Crippen LogP contribution in [0.2, 0.25) is 0 Å². The third-order valence-corrected chi connectivity index (χ3v) is 5.37. The molecule has 1 fully saturated rings. The van der Waals surface area contributed by atoms with Crippen molar-refractivity contribution in [3.63, 3.8) is 0 Å². The first-order chi connectivity index (χ1) is 9.90. The summed E-state index contributed by atoms with van der Waals surface area (Å²) in [5, 5.41) is 0. The maximum absolute atomic E-state index is 13.6. The number of nitrogens with two attached hydrogens (primary N) is 1. The van der Waals surface area contributed by atoms with Crippen molar-refractivity contribution in [1.82, 2.24) is 4.72 Å². The van der Waals surface area contributed by atoms with Crippen LogP contribution in [0.5, 0.6) is 0 Å². The van der Waals surface area contributed by atoms with Gasteiger partial charge in [0.1, 0.15) is 16.5 Å². The van der Waals surface area contributed by atoms with Crippen LogP contribution in [-0.4, -0.2) is 15.0 Å². The number of halogens is 2. The van der Waals surface area contributed by atoms with Gasteiger partial charge in [0.25, 0.3) is 0 Å². The van der Waals surface area contributed by atoms with Gasteiger partial charge in [-0.25, -0.2) is 21.9 Å². The minimum Gasteiger partial charge on any atom is -0.396 e. The van der Waals surface area contributed by atoms with E-state index in [9.17, 15) is 17.2 Å². The van der Waals surface area contributed by atoms with Gasteiger partial charge in [0.15, 0.2) is 0 Å². The average Bonchev–Trinajstić information content (AvgIpc) is 2.92. The fraction of sp³-hybridized carbons (Fsp3) is 0.571. The van der Waals surface area contributed by atoms with Crippen LogP contribution < -0.4 is 10.5 Å². The van der Waals surface area contributed by atoms with Gasteiger partial charge in [0.2, 0.25) is 10.0 Å². The summed E-state index contributed by atoms with van der Waals surface area (Å²) in [6.45, 7) is 0.246. The molecule has 1 aliphatic rings. The van der Waals surface area contributed by atoms with Crippen LogP contribution in [0.4, 0.5) is 14.5 Å². The third-order valence-electron chi connectivity index (χ3n) is 3.90. The van der Waals surface area contributed by atoms with E-state index in [0.29, 0.717) is 18.4 Å². The van der Waals surface area contributed by atoms with Crippen LogP contribution in [0, 0.1) is 17.6 Å². The molecule has 118 valence electrons. The standard InChI is InChI=1S/C14H20F2N2O2S/c15-11-8-12(16)14(9-13(11)17)21(19,20)18-7-3-6-10-4-1-2-5-10/h8-10,18H,1-7,17H2. The molecule has 1 aromatic rings. The van der Waals surface area contributed by atoms with Crippen molar-refractivity contribution in [2.75, 3.05) is 12.3 Å². The average molecular weight is 318 g/mol. The second kappa shape index (κ2) is 6.70. The Morgan fingerprint density at radius 2 is 1.86 bits per heavy atom. The quantitative estimate of drug-likeness (QED) is 0.626. The second-order valence-electron chi connectivity index (χ2n) is 5.49. The third kappa shape index (κ3) is 4.14. The molecule has 0 unspecified atom stereocenters. The molecule has 0 aromatic heterocycles. The Morgan fingerprint density at radius 1 is 1.19 bits per heavy atom. The number of benzene rings is 1. The number of nitrogen functional groups attached to an aromatic ring is 1. The highest BCUT2D eigenvalue weighted by Gasteiger charge is 2.21. The molecule has 0 spiro atoms. The summed E-state index contributed by atoms with van der Waals surface area (Å²) in [6, 6.07) is 1.30. The van der Waals surface area contributed by atoms with Crippen LogP contribution in [0.3, 0.4) is 0 Å². The van der Waals surface area contributed by atoms with E-state index in [-0.39, 0.29) is 12.2 Å². The lowest BCUT2D eigenvalue weighted by atomic mass is 10.0. The molecule has 0 amide bonds. The van der Waals surface area contributed by atoms with E-state index in [1.165, 1.54) is 25.7 Å². The first kappa shape index (κ1) is 16.2. The minimum absolute atomic E-state index is 0.246. The van der Waals surface area contributed by atoms with Gasteiger partial charge in [-0.1, -0.05) is 25.7 Å². The van der Waals surface area contributed by atoms with Crippen LogP contribution in [-0.2, 0) is 10.0 Å². The van der Waals surface area contributed by atoms with Gasteiger partial charge in [-0.3, -0.25) is 0 Å². The summed E-state index contributed by atoms with van der Waals surface area (Å²) in [4.78, 5) is -0.609. The molecule has 21 heavy (non-hydrogen) atoms. The van der Waals surface area contributed by atoms with Gasteiger partial charge in [-0.15, -0.1) is 0 Å². The molecule has 0 aliphatic heterocycles. The van der Waals surface area contributed by atoms with Crippen molar-refractivity contribution in [3.05, 3.63) is 23.8 Å². The largest absolute Gasteiger partial charge is 0.396 e. The van der Waals surface area contributed by atoms with E-state index >= 15 is 0 Å². The van der Waals surface area contributed by atoms with E-state index in [2.05, 4.69) is 4.72 Å². The van der Waals surface area contributed by atoms with Crippen LogP contribution in [0.15, 0.2) is 17.0 Å². The molecule has 0 heterocycles. The number of hydrogen-bond donors (Lipinski definition) is 2. The van der Waals surface area contributed by atoms with Gasteiger partial charge in [-0.05, 0) is 24.8 Å². The van der Waals surface area contributed by atoms with Gasteiger partial charge in [-0.2, -0.15) is 0 Å². The van der Waals surface area contributed by atoms with E-state index in [1.807, 2.05) is 0 Å². The Kier molecular flexibility index (Phi) is 5.16. The fourth-order valence-corrected chi connectivity index (χ4v) is 3.89. The summed E-state index contributed by atoms with van der Waals surface area (Å²) in [5.41, 5.74) is 4.90. The summed E-state index contributed by atoms with van der Waals surface area (Å²) < 4.78 is 52.9. The van der Waals surface area contributed by atoms with Crippen molar-refractivity contribution in [1.29, 1.82) is 0 Å². The number of anilines is 1. The zero-order valence-corrected chi connectivity index (χ0v) is 12.6. The zero-order valence-electron chi connectivity index (χ0n) is 11.7. The molecule has 7 heteroatoms. The van der Waals surface area contributed by atoms with Crippen molar-refractivity contribution < 1.29 is 17.2 Å². The highest BCUT2D eigenvalue weighted by atomic mass is 32.2. The van der Waals surface area contributed by atoms with Crippen LogP contribution in [0.25, 0.3) is 0 Å². The van der Waals surface area contributed by atoms with Crippen molar-refractivity contribution in [2.24, 2.45) is 5.92 Å². The fourth-order valence-electron chi connectivity index (χ4n) is 2.72. The Hall–Kier alpha value is -1.21. The number of sulfonamides is 1. The van der Waals surface area contributed by atoms with E-state index in [1.54, 1.807) is 0 Å². The highest BCUT2D eigenvalue weighted by molar-refractivity contribution is 7.89. The molecular weight excluding hydrogens is 298 g/mol. The van der Waals surface area contributed by atoms with Crippen molar-refractivity contribution >= 4 is 15.7 Å². The van der Waals surface area contributed by atoms with Crippen LogP contribution >= 0.6 is 0 Å². The van der Waals surface area contributed by atoms with Crippen molar-refractivity contribution in [2.45, 2.75) is 43.4 Å². The van der Waals surface area contributed by atoms with Crippen molar-refractivity contribution in [3.8, 4) is 0 Å². The Balaban J connectivity index is 1.93. The topological polar surface area (TPSA) is 72.2 Å². The molecule has 0 atom stereocenters. The first-order valence-corrected chi connectivity index (χ1v) is 8.62. The predicted molar refractivity (Wildman–Crippen MR) is 77.2 cm³/mol. The molecular formula is C14H20F2N2O2S. The Morgan fingerprint density at radius 3 is 2.52 bits per heavy atom. The first-order valence-electron chi connectivity index (χ1n) is 7.14. The smallest absolute Gasteiger partial charge is 0.243 e. The van der Waals surface area contributed by atoms with Gasteiger partial charge in [0, 0.05) is 12.6 Å². The molecule has 1 aromatic carbocycles. The Bertz CT molecular complexity index is 599. The van der Waals surface area contributed by atoms with E-state index < -0.39 is 26.6 Å².